The van der Waals surface area contributed by atoms with Crippen molar-refractivity contribution in [2.75, 3.05) is 7.11 Å². The van der Waals surface area contributed by atoms with Gasteiger partial charge in [-0.2, -0.15) is 0 Å². The smallest absolute Gasteiger partial charge is 0.269 e. The number of aliphatic imine (C=N–C) groups is 1. The number of nitro benzene ring substituents is 1. The summed E-state index contributed by atoms with van der Waals surface area (Å²) in [4.78, 5) is 18.2. The van der Waals surface area contributed by atoms with Gasteiger partial charge in [-0.1, -0.05) is 48.2 Å². The second kappa shape index (κ2) is 8.18. The summed E-state index contributed by atoms with van der Waals surface area (Å²) >= 11 is 1.60. The van der Waals surface area contributed by atoms with Crippen molar-refractivity contribution in [2.45, 2.75) is 18.9 Å². The molecule has 168 valence electrons. The Morgan fingerprint density at radius 1 is 1.03 bits per heavy atom. The van der Waals surface area contributed by atoms with Gasteiger partial charge in [-0.15, -0.1) is 0 Å². The Morgan fingerprint density at radius 3 is 2.53 bits per heavy atom. The molecule has 6 rings (SSSR count). The van der Waals surface area contributed by atoms with E-state index in [-0.39, 0.29) is 16.7 Å². The minimum Gasteiger partial charge on any atom is -0.497 e. The number of fused-ring (bicyclic) bond motifs is 3. The first-order chi connectivity index (χ1) is 16.6. The first kappa shape index (κ1) is 20.7. The molecule has 2 heterocycles. The van der Waals surface area contributed by atoms with Gasteiger partial charge in [0.2, 0.25) is 0 Å². The number of ether oxygens (including phenoxy) is 1. The third kappa shape index (κ3) is 3.31. The number of amidine groups is 1. The Balaban J connectivity index is 1.49. The number of hydrogen-bond donors (Lipinski definition) is 0. The van der Waals surface area contributed by atoms with E-state index in [0.29, 0.717) is 0 Å². The molecule has 1 unspecified atom stereocenters. The highest BCUT2D eigenvalue weighted by Crippen LogP contribution is 2.51. The van der Waals surface area contributed by atoms with Crippen LogP contribution >= 0.6 is 11.8 Å². The lowest BCUT2D eigenvalue weighted by atomic mass is 9.82. The van der Waals surface area contributed by atoms with Crippen molar-refractivity contribution in [3.05, 3.63) is 116 Å². The fourth-order valence-electron chi connectivity index (χ4n) is 4.93. The van der Waals surface area contributed by atoms with Gasteiger partial charge in [0.05, 0.1) is 29.5 Å². The summed E-state index contributed by atoms with van der Waals surface area (Å²) in [6, 6.07) is 23.5. The van der Waals surface area contributed by atoms with Gasteiger partial charge in [0.15, 0.2) is 5.17 Å². The van der Waals surface area contributed by atoms with Crippen molar-refractivity contribution >= 4 is 34.0 Å². The van der Waals surface area contributed by atoms with Crippen LogP contribution in [0.1, 0.15) is 34.7 Å². The van der Waals surface area contributed by atoms with Crippen molar-refractivity contribution in [3.63, 3.8) is 0 Å². The zero-order valence-electron chi connectivity index (χ0n) is 18.5. The van der Waals surface area contributed by atoms with Crippen molar-refractivity contribution in [1.29, 1.82) is 0 Å². The average Bonchev–Trinajstić information content (AvgIpc) is 3.31. The Bertz CT molecular complexity index is 1390. The summed E-state index contributed by atoms with van der Waals surface area (Å²) in [6.45, 7) is 0. The van der Waals surface area contributed by atoms with Crippen LogP contribution in [0.4, 0.5) is 5.69 Å². The van der Waals surface area contributed by atoms with Crippen molar-refractivity contribution in [3.8, 4) is 5.75 Å². The number of hydrogen-bond acceptors (Lipinski definition) is 6. The van der Waals surface area contributed by atoms with Crippen molar-refractivity contribution in [2.24, 2.45) is 4.99 Å². The van der Waals surface area contributed by atoms with Crippen molar-refractivity contribution in [1.82, 2.24) is 4.90 Å². The molecule has 3 aromatic carbocycles. The minimum absolute atomic E-state index is 0.0156. The lowest BCUT2D eigenvalue weighted by Gasteiger charge is -2.39. The van der Waals surface area contributed by atoms with Crippen LogP contribution in [0, 0.1) is 10.1 Å². The lowest BCUT2D eigenvalue weighted by molar-refractivity contribution is -0.384. The van der Waals surface area contributed by atoms with Crippen LogP contribution in [0.5, 0.6) is 5.75 Å². The maximum absolute atomic E-state index is 11.1. The van der Waals surface area contributed by atoms with E-state index in [1.165, 1.54) is 16.7 Å². The Labute approximate surface area is 201 Å². The number of benzene rings is 3. The van der Waals surface area contributed by atoms with Gasteiger partial charge < -0.3 is 9.64 Å². The molecule has 0 aromatic heterocycles. The SMILES string of the molecule is COc1ccc(C2C3=C(N=C4SC=C(c5ccc([N+](=O)[O-])cc5)N42)c2ccccc2CC3)cc1. The Kier molecular flexibility index (Phi) is 4.99. The molecule has 0 N–H and O–H groups in total. The van der Waals surface area contributed by atoms with Gasteiger partial charge in [0.1, 0.15) is 5.75 Å². The second-order valence-corrected chi connectivity index (χ2v) is 9.23. The monoisotopic (exact) mass is 467 g/mol. The molecular formula is C27H21N3O3S. The third-order valence-corrected chi connectivity index (χ3v) is 7.42. The lowest BCUT2D eigenvalue weighted by Crippen LogP contribution is -2.34. The number of methoxy groups -OCH3 is 1. The first-order valence-corrected chi connectivity index (χ1v) is 12.0. The van der Waals surface area contributed by atoms with Crippen LogP contribution in [0.2, 0.25) is 0 Å². The molecule has 3 aromatic rings. The van der Waals surface area contributed by atoms with Gasteiger partial charge >= 0.3 is 0 Å². The van der Waals surface area contributed by atoms with Gasteiger partial charge in [0.25, 0.3) is 5.69 Å². The number of thioether (sulfide) groups is 1. The molecule has 3 aliphatic rings. The maximum atomic E-state index is 11.1. The molecule has 34 heavy (non-hydrogen) atoms. The standard InChI is InChI=1S/C27H21N3O3S/c1-33-21-13-8-19(9-14-21)26-23-15-10-17-4-2-3-5-22(17)25(23)28-27-29(26)24(16-34-27)18-6-11-20(12-7-18)30(31)32/h2-9,11-14,16,26H,10,15H2,1H3. The van der Waals surface area contributed by atoms with Crippen LogP contribution in [0.3, 0.4) is 0 Å². The number of non-ortho nitro benzene ring substituents is 1. The molecule has 1 aliphatic carbocycles. The summed E-state index contributed by atoms with van der Waals surface area (Å²) in [5.74, 6) is 0.818. The van der Waals surface area contributed by atoms with E-state index in [0.717, 1.165) is 46.3 Å². The van der Waals surface area contributed by atoms with E-state index in [1.54, 1.807) is 31.0 Å². The molecule has 1 atom stereocenters. The molecule has 0 spiro atoms. The summed E-state index contributed by atoms with van der Waals surface area (Å²) in [5.41, 5.74) is 8.09. The van der Waals surface area contributed by atoms with Crippen LogP contribution < -0.4 is 4.74 Å². The molecule has 2 aliphatic heterocycles. The number of aryl methyl sites for hydroxylation is 1. The zero-order chi connectivity index (χ0) is 23.2. The molecule has 0 bridgehead atoms. The molecule has 6 nitrogen and oxygen atoms in total. The van der Waals surface area contributed by atoms with Crippen LogP contribution in [-0.2, 0) is 6.42 Å². The highest BCUT2D eigenvalue weighted by Gasteiger charge is 2.40. The van der Waals surface area contributed by atoms with Crippen LogP contribution in [0.15, 0.2) is 88.8 Å². The molecule has 0 radical (unpaired) electrons. The highest BCUT2D eigenvalue weighted by atomic mass is 32.2. The molecule has 0 amide bonds. The average molecular weight is 468 g/mol. The second-order valence-electron chi connectivity index (χ2n) is 8.40. The van der Waals surface area contributed by atoms with Gasteiger partial charge in [-0.3, -0.25) is 10.1 Å². The minimum atomic E-state index is -0.369. The predicted molar refractivity (Wildman–Crippen MR) is 135 cm³/mol. The van der Waals surface area contributed by atoms with Crippen molar-refractivity contribution < 1.29 is 9.66 Å². The van der Waals surface area contributed by atoms with E-state index in [1.807, 2.05) is 24.3 Å². The van der Waals surface area contributed by atoms with E-state index in [2.05, 4.69) is 46.7 Å². The number of nitro groups is 1. The summed E-state index contributed by atoms with van der Waals surface area (Å²) in [6.07, 6.45) is 1.90. The van der Waals surface area contributed by atoms with E-state index >= 15 is 0 Å². The number of nitrogens with zero attached hydrogens (tertiary/aromatic N) is 3. The topological polar surface area (TPSA) is 68.0 Å². The predicted octanol–water partition coefficient (Wildman–Crippen LogP) is 6.42. The van der Waals surface area contributed by atoms with E-state index in [9.17, 15) is 10.1 Å². The molecule has 0 fully saturated rings. The van der Waals surface area contributed by atoms with Gasteiger partial charge in [-0.05, 0) is 59.4 Å². The molecule has 7 heteroatoms. The zero-order valence-corrected chi connectivity index (χ0v) is 19.3. The summed E-state index contributed by atoms with van der Waals surface area (Å²) in [5, 5.41) is 14.2. The normalized spacial score (nSPS) is 18.5. The quantitative estimate of drug-likeness (QED) is 0.327. The molecular weight excluding hydrogens is 446 g/mol. The van der Waals surface area contributed by atoms with Gasteiger partial charge in [0, 0.05) is 23.1 Å². The third-order valence-electron chi connectivity index (χ3n) is 6.58. The Morgan fingerprint density at radius 2 is 1.79 bits per heavy atom. The fourth-order valence-corrected chi connectivity index (χ4v) is 5.86. The van der Waals surface area contributed by atoms with E-state index < -0.39 is 0 Å². The van der Waals surface area contributed by atoms with Crippen LogP contribution in [-0.4, -0.2) is 22.1 Å². The highest BCUT2D eigenvalue weighted by molar-refractivity contribution is 8.16. The first-order valence-electron chi connectivity index (χ1n) is 11.1. The van der Waals surface area contributed by atoms with Crippen LogP contribution in [0.25, 0.3) is 11.4 Å². The fraction of sp³-hybridized carbons (Fsp3) is 0.148. The largest absolute Gasteiger partial charge is 0.497 e. The molecule has 0 saturated carbocycles. The number of rotatable bonds is 4. The summed E-state index contributed by atoms with van der Waals surface area (Å²) in [7, 11) is 1.67. The summed E-state index contributed by atoms with van der Waals surface area (Å²) < 4.78 is 5.40. The Hall–Kier alpha value is -3.84. The molecule has 0 saturated heterocycles. The van der Waals surface area contributed by atoms with E-state index in [4.69, 9.17) is 9.73 Å². The maximum Gasteiger partial charge on any atom is 0.269 e. The van der Waals surface area contributed by atoms with Gasteiger partial charge in [-0.25, -0.2) is 4.99 Å².